The van der Waals surface area contributed by atoms with E-state index in [0.29, 0.717) is 11.3 Å². The van der Waals surface area contributed by atoms with Gasteiger partial charge >= 0.3 is 6.18 Å². The fourth-order valence-electron chi connectivity index (χ4n) is 2.71. The van der Waals surface area contributed by atoms with Crippen molar-refractivity contribution in [2.75, 3.05) is 0 Å². The fourth-order valence-corrected chi connectivity index (χ4v) is 3.76. The topological polar surface area (TPSA) is 64.6 Å². The molecule has 0 saturated carbocycles. The van der Waals surface area contributed by atoms with E-state index in [1.54, 1.807) is 12.3 Å². The number of nitrogens with zero attached hydrogens (tertiary/aromatic N) is 5. The fraction of sp³-hybridized carbons (Fsp3) is 0.176. The summed E-state index contributed by atoms with van der Waals surface area (Å²) < 4.78 is 41.8. The highest BCUT2D eigenvalue weighted by Gasteiger charge is 2.32. The number of fused-ring (bicyclic) bond motifs is 2. The van der Waals surface area contributed by atoms with Gasteiger partial charge in [0, 0.05) is 24.2 Å². The summed E-state index contributed by atoms with van der Waals surface area (Å²) in [4.78, 5) is 16.7. The van der Waals surface area contributed by atoms with Gasteiger partial charge in [-0.05, 0) is 24.6 Å². The van der Waals surface area contributed by atoms with E-state index in [2.05, 4.69) is 15.2 Å². The Morgan fingerprint density at radius 1 is 1.18 bits per heavy atom. The van der Waals surface area contributed by atoms with Crippen molar-refractivity contribution in [3.63, 3.8) is 0 Å². The molecule has 4 rings (SSSR count). The van der Waals surface area contributed by atoms with E-state index in [1.807, 2.05) is 13.0 Å². The number of thioether (sulfide) groups is 1. The van der Waals surface area contributed by atoms with E-state index in [9.17, 15) is 18.0 Å². The third kappa shape index (κ3) is 3.33. The molecule has 0 fully saturated rings. The molecule has 0 saturated heterocycles. The predicted octanol–water partition coefficient (Wildman–Crippen LogP) is 4.01. The van der Waals surface area contributed by atoms with Crippen LogP contribution in [0.2, 0.25) is 5.02 Å². The smallest absolute Gasteiger partial charge is 0.276 e. The Balaban J connectivity index is 1.70. The van der Waals surface area contributed by atoms with Crippen LogP contribution in [0.4, 0.5) is 13.2 Å². The molecule has 0 N–H and O–H groups in total. The molecule has 4 aromatic rings. The maximum absolute atomic E-state index is 13.0. The summed E-state index contributed by atoms with van der Waals surface area (Å²) >= 11 is 7.03. The monoisotopic (exact) mass is 425 g/mol. The van der Waals surface area contributed by atoms with Gasteiger partial charge in [-0.15, -0.1) is 10.2 Å². The lowest BCUT2D eigenvalue weighted by Crippen LogP contribution is -2.15. The summed E-state index contributed by atoms with van der Waals surface area (Å²) in [6, 6.07) is 5.79. The molecule has 0 amide bonds. The van der Waals surface area contributed by atoms with Crippen LogP contribution in [-0.2, 0) is 11.9 Å². The van der Waals surface area contributed by atoms with E-state index in [-0.39, 0.29) is 27.1 Å². The summed E-state index contributed by atoms with van der Waals surface area (Å²) in [5, 5.41) is 7.82. The van der Waals surface area contributed by atoms with Gasteiger partial charge in [0.05, 0.1) is 16.3 Å². The number of hydrogen-bond acceptors (Lipinski definition) is 5. The molecule has 0 spiro atoms. The molecule has 4 aromatic heterocycles. The van der Waals surface area contributed by atoms with E-state index in [4.69, 9.17) is 11.6 Å². The van der Waals surface area contributed by atoms with Gasteiger partial charge in [-0.2, -0.15) is 13.2 Å². The van der Waals surface area contributed by atoms with Crippen molar-refractivity contribution in [2.24, 2.45) is 0 Å². The molecular formula is C17H11ClF3N5OS. The third-order valence-electron chi connectivity index (χ3n) is 4.04. The summed E-state index contributed by atoms with van der Waals surface area (Å²) in [7, 11) is 0. The van der Waals surface area contributed by atoms with Gasteiger partial charge in [-0.1, -0.05) is 29.4 Å². The van der Waals surface area contributed by atoms with Crippen LogP contribution in [0.15, 0.2) is 46.6 Å². The van der Waals surface area contributed by atoms with Crippen molar-refractivity contribution < 1.29 is 13.2 Å². The van der Waals surface area contributed by atoms with E-state index >= 15 is 0 Å². The number of aryl methyl sites for hydroxylation is 1. The van der Waals surface area contributed by atoms with E-state index < -0.39 is 11.7 Å². The number of aromatic nitrogens is 5. The summed E-state index contributed by atoms with van der Waals surface area (Å²) in [6.07, 6.45) is -2.02. The Labute approximate surface area is 165 Å². The van der Waals surface area contributed by atoms with Crippen LogP contribution in [0.1, 0.15) is 16.8 Å². The normalized spacial score (nSPS) is 12.2. The van der Waals surface area contributed by atoms with Gasteiger partial charge < -0.3 is 0 Å². The first-order valence-electron chi connectivity index (χ1n) is 7.96. The van der Waals surface area contributed by atoms with Crippen molar-refractivity contribution in [1.82, 2.24) is 24.0 Å². The standard InChI is InChI=1S/C17H11ClF3N5OS/c1-9-3-2-4-25-13(27)6-11(22-14(9)25)8-28-16-24-23-15-12(18)5-10(7-26(15)16)17(19,20)21/h2-7H,8H2,1H3. The van der Waals surface area contributed by atoms with Crippen molar-refractivity contribution in [1.29, 1.82) is 0 Å². The average Bonchev–Trinajstić information content (AvgIpc) is 3.04. The molecule has 0 aliphatic carbocycles. The first kappa shape index (κ1) is 18.8. The van der Waals surface area contributed by atoms with Gasteiger partial charge in [-0.3, -0.25) is 13.6 Å². The summed E-state index contributed by atoms with van der Waals surface area (Å²) in [6.45, 7) is 1.84. The largest absolute Gasteiger partial charge is 0.417 e. The number of hydrogen-bond donors (Lipinski definition) is 0. The molecule has 11 heteroatoms. The van der Waals surface area contributed by atoms with E-state index in [0.717, 1.165) is 29.6 Å². The Kier molecular flexibility index (Phi) is 4.54. The predicted molar refractivity (Wildman–Crippen MR) is 98.8 cm³/mol. The SMILES string of the molecule is Cc1cccn2c(=O)cc(CSc3nnc4c(Cl)cc(C(F)(F)F)cn34)nc12. The minimum Gasteiger partial charge on any atom is -0.276 e. The van der Waals surface area contributed by atoms with Crippen molar-refractivity contribution in [3.8, 4) is 0 Å². The Hall–Kier alpha value is -2.59. The van der Waals surface area contributed by atoms with Gasteiger partial charge in [0.15, 0.2) is 10.8 Å². The van der Waals surface area contributed by atoms with Crippen LogP contribution in [-0.4, -0.2) is 24.0 Å². The first-order chi connectivity index (χ1) is 13.2. The average molecular weight is 426 g/mol. The van der Waals surface area contributed by atoms with Crippen molar-refractivity contribution in [2.45, 2.75) is 24.0 Å². The highest BCUT2D eigenvalue weighted by Crippen LogP contribution is 2.33. The maximum Gasteiger partial charge on any atom is 0.417 e. The lowest BCUT2D eigenvalue weighted by molar-refractivity contribution is -0.137. The number of halogens is 4. The summed E-state index contributed by atoms with van der Waals surface area (Å²) in [5.41, 5.74) is 0.834. The zero-order chi connectivity index (χ0) is 20.1. The minimum atomic E-state index is -4.55. The molecule has 0 unspecified atom stereocenters. The van der Waals surface area contributed by atoms with Crippen molar-refractivity contribution >= 4 is 34.7 Å². The molecule has 0 radical (unpaired) electrons. The molecule has 0 atom stereocenters. The molecule has 4 heterocycles. The van der Waals surface area contributed by atoms with Crippen molar-refractivity contribution in [3.05, 3.63) is 68.9 Å². The highest BCUT2D eigenvalue weighted by atomic mass is 35.5. The summed E-state index contributed by atoms with van der Waals surface area (Å²) in [5.74, 6) is 0.231. The lowest BCUT2D eigenvalue weighted by Gasteiger charge is -2.09. The first-order valence-corrected chi connectivity index (χ1v) is 9.32. The van der Waals surface area contributed by atoms with Gasteiger partial charge in [0.25, 0.3) is 5.56 Å². The van der Waals surface area contributed by atoms with Crippen LogP contribution < -0.4 is 5.56 Å². The highest BCUT2D eigenvalue weighted by molar-refractivity contribution is 7.98. The number of rotatable bonds is 3. The van der Waals surface area contributed by atoms with Crippen LogP contribution in [0.3, 0.4) is 0 Å². The second-order valence-electron chi connectivity index (χ2n) is 6.01. The van der Waals surface area contributed by atoms with Crippen LogP contribution in [0.5, 0.6) is 0 Å². The molecule has 144 valence electrons. The second kappa shape index (κ2) is 6.78. The molecule has 0 aliphatic heterocycles. The molecule has 0 bridgehead atoms. The molecule has 6 nitrogen and oxygen atoms in total. The zero-order valence-electron chi connectivity index (χ0n) is 14.2. The van der Waals surface area contributed by atoms with Crippen LogP contribution in [0.25, 0.3) is 11.3 Å². The van der Waals surface area contributed by atoms with Gasteiger partial charge in [-0.25, -0.2) is 4.98 Å². The Morgan fingerprint density at radius 2 is 1.96 bits per heavy atom. The number of pyridine rings is 2. The molecule has 28 heavy (non-hydrogen) atoms. The maximum atomic E-state index is 13.0. The second-order valence-corrected chi connectivity index (χ2v) is 7.36. The quantitative estimate of drug-likeness (QED) is 0.464. The minimum absolute atomic E-state index is 0.125. The van der Waals surface area contributed by atoms with Crippen LogP contribution >= 0.6 is 23.4 Å². The van der Waals surface area contributed by atoms with Crippen LogP contribution in [0, 0.1) is 6.92 Å². The number of alkyl halides is 3. The Morgan fingerprint density at radius 3 is 2.71 bits per heavy atom. The molecular weight excluding hydrogens is 415 g/mol. The molecule has 0 aliphatic rings. The van der Waals surface area contributed by atoms with E-state index in [1.165, 1.54) is 14.9 Å². The molecule has 0 aromatic carbocycles. The lowest BCUT2D eigenvalue weighted by atomic mass is 10.3. The van der Waals surface area contributed by atoms with Gasteiger partial charge in [0.2, 0.25) is 0 Å². The Bertz CT molecular complexity index is 1270. The third-order valence-corrected chi connectivity index (χ3v) is 5.30. The zero-order valence-corrected chi connectivity index (χ0v) is 15.8. The van der Waals surface area contributed by atoms with Gasteiger partial charge in [0.1, 0.15) is 5.65 Å².